The third kappa shape index (κ3) is 3.36. The molecule has 2 aromatic rings. The normalized spacial score (nSPS) is 24.2. The summed E-state index contributed by atoms with van der Waals surface area (Å²) in [7, 11) is 0. The number of hydrogen-bond acceptors (Lipinski definition) is 5. The van der Waals surface area contributed by atoms with Gasteiger partial charge in [0.15, 0.2) is 0 Å². The maximum atomic E-state index is 12.9. The molecule has 2 atom stereocenters. The van der Waals surface area contributed by atoms with Gasteiger partial charge in [0, 0.05) is 36.9 Å². The first-order valence-corrected chi connectivity index (χ1v) is 10.4. The minimum Gasteiger partial charge on any atom is -0.347 e. The number of amides is 1. The average molecular weight is 387 g/mol. The van der Waals surface area contributed by atoms with Crippen molar-refractivity contribution in [2.75, 3.05) is 24.5 Å². The van der Waals surface area contributed by atoms with Crippen LogP contribution in [0.3, 0.4) is 0 Å². The van der Waals surface area contributed by atoms with Gasteiger partial charge in [0.05, 0.1) is 12.1 Å². The molecule has 29 heavy (non-hydrogen) atoms. The van der Waals surface area contributed by atoms with E-state index in [4.69, 9.17) is 5.26 Å². The van der Waals surface area contributed by atoms with Crippen LogP contribution in [0.2, 0.25) is 0 Å². The van der Waals surface area contributed by atoms with Crippen molar-refractivity contribution in [2.24, 2.45) is 0 Å². The Morgan fingerprint density at radius 2 is 1.86 bits per heavy atom. The van der Waals surface area contributed by atoms with E-state index < -0.39 is 0 Å². The number of piperazine rings is 1. The highest BCUT2D eigenvalue weighted by molar-refractivity contribution is 5.79. The van der Waals surface area contributed by atoms with E-state index in [0.717, 1.165) is 44.6 Å². The maximum absolute atomic E-state index is 12.9. The molecule has 148 valence electrons. The number of benzene rings is 1. The van der Waals surface area contributed by atoms with Gasteiger partial charge in [-0.25, -0.2) is 4.98 Å². The van der Waals surface area contributed by atoms with E-state index in [9.17, 15) is 4.79 Å². The molecule has 6 nitrogen and oxygen atoms in total. The lowest BCUT2D eigenvalue weighted by atomic mass is 10.1. The van der Waals surface area contributed by atoms with Crippen LogP contribution in [-0.4, -0.2) is 47.5 Å². The Hall–Kier alpha value is -2.91. The van der Waals surface area contributed by atoms with Gasteiger partial charge >= 0.3 is 0 Å². The second-order valence-electron chi connectivity index (χ2n) is 8.41. The first-order valence-electron chi connectivity index (χ1n) is 10.4. The molecule has 1 aliphatic carbocycles. The second-order valence-corrected chi connectivity index (χ2v) is 8.41. The number of hydrogen-bond donors (Lipinski definition) is 1. The third-order valence-electron chi connectivity index (χ3n) is 6.63. The van der Waals surface area contributed by atoms with E-state index >= 15 is 0 Å². The maximum Gasteiger partial charge on any atom is 0.236 e. The van der Waals surface area contributed by atoms with Crippen molar-refractivity contribution in [3.05, 3.63) is 59.8 Å². The molecular weight excluding hydrogens is 362 g/mol. The van der Waals surface area contributed by atoms with Gasteiger partial charge < -0.3 is 9.80 Å². The van der Waals surface area contributed by atoms with Crippen LogP contribution in [0.15, 0.2) is 48.7 Å². The van der Waals surface area contributed by atoms with E-state index in [-0.39, 0.29) is 11.4 Å². The van der Waals surface area contributed by atoms with Crippen molar-refractivity contribution >= 4 is 11.7 Å². The summed E-state index contributed by atoms with van der Waals surface area (Å²) in [6, 6.07) is 16.9. The van der Waals surface area contributed by atoms with Crippen LogP contribution >= 0.6 is 0 Å². The summed E-state index contributed by atoms with van der Waals surface area (Å²) in [6.07, 6.45) is 5.98. The van der Waals surface area contributed by atoms with Crippen LogP contribution in [0.1, 0.15) is 36.8 Å². The van der Waals surface area contributed by atoms with Gasteiger partial charge in [0.25, 0.3) is 0 Å². The smallest absolute Gasteiger partial charge is 0.236 e. The van der Waals surface area contributed by atoms with Gasteiger partial charge in [-0.05, 0) is 43.4 Å². The monoisotopic (exact) mass is 387 g/mol. The van der Waals surface area contributed by atoms with Crippen LogP contribution < -0.4 is 10.2 Å². The quantitative estimate of drug-likeness (QED) is 0.853. The first kappa shape index (κ1) is 18.1. The zero-order chi connectivity index (χ0) is 19.8. The van der Waals surface area contributed by atoms with Crippen molar-refractivity contribution < 1.29 is 4.79 Å². The fourth-order valence-corrected chi connectivity index (χ4v) is 4.89. The van der Waals surface area contributed by atoms with Crippen LogP contribution in [0, 0.1) is 11.3 Å². The topological polar surface area (TPSA) is 72.3 Å². The predicted molar refractivity (Wildman–Crippen MR) is 110 cm³/mol. The molecule has 3 heterocycles. The Bertz CT molecular complexity index is 918. The number of likely N-dealkylation sites (tertiary alicyclic amines) is 1. The molecule has 1 amide bonds. The summed E-state index contributed by atoms with van der Waals surface area (Å²) < 4.78 is 0. The number of aromatic nitrogens is 1. The highest BCUT2D eigenvalue weighted by Crippen LogP contribution is 2.45. The molecule has 1 saturated carbocycles. The molecule has 5 rings (SSSR count). The van der Waals surface area contributed by atoms with Crippen LogP contribution in [0.5, 0.6) is 0 Å². The zero-order valence-corrected chi connectivity index (χ0v) is 16.4. The fraction of sp³-hybridized carbons (Fsp3) is 0.435. The molecule has 0 spiro atoms. The van der Waals surface area contributed by atoms with Crippen LogP contribution in [0.4, 0.5) is 5.82 Å². The summed E-state index contributed by atoms with van der Waals surface area (Å²) in [4.78, 5) is 21.8. The Balaban J connectivity index is 1.22. The number of pyridine rings is 1. The third-order valence-corrected chi connectivity index (χ3v) is 6.63. The summed E-state index contributed by atoms with van der Waals surface area (Å²) in [6.45, 7) is 1.89. The minimum atomic E-state index is -0.00979. The Labute approximate surface area is 171 Å². The first-order chi connectivity index (χ1) is 14.2. The second kappa shape index (κ2) is 7.16. The molecule has 2 saturated heterocycles. The SMILES string of the molecule is N#Cc1ccc(N2C3CCC2CN(C(=O)CNC2(c4ccccc4)CC2)C3)nc1. The van der Waals surface area contributed by atoms with Crippen LogP contribution in [0.25, 0.3) is 0 Å². The van der Waals surface area contributed by atoms with Crippen molar-refractivity contribution in [2.45, 2.75) is 43.3 Å². The minimum absolute atomic E-state index is 0.00979. The molecule has 3 aliphatic rings. The largest absolute Gasteiger partial charge is 0.347 e. The Morgan fingerprint density at radius 3 is 2.45 bits per heavy atom. The number of carbonyl (C=O) groups is 1. The summed E-state index contributed by atoms with van der Waals surface area (Å²) in [5.41, 5.74) is 1.85. The number of nitrogens with one attached hydrogen (secondary N) is 1. The molecule has 1 aromatic carbocycles. The van der Waals surface area contributed by atoms with Gasteiger partial charge in [-0.15, -0.1) is 0 Å². The van der Waals surface area contributed by atoms with Gasteiger partial charge in [-0.3, -0.25) is 10.1 Å². The average Bonchev–Trinajstić information content (AvgIpc) is 3.52. The number of fused-ring (bicyclic) bond motifs is 2. The Morgan fingerprint density at radius 1 is 1.14 bits per heavy atom. The molecular formula is C23H25N5O. The summed E-state index contributed by atoms with van der Waals surface area (Å²) in [5.74, 6) is 1.11. The molecule has 3 fully saturated rings. The molecule has 1 aromatic heterocycles. The van der Waals surface area contributed by atoms with Gasteiger partial charge in [-0.1, -0.05) is 30.3 Å². The standard InChI is InChI=1S/C23H25N5O/c24-12-17-6-9-21(25-13-17)28-19-7-8-20(28)16-27(15-19)22(29)14-26-23(10-11-23)18-4-2-1-3-5-18/h1-6,9,13,19-20,26H,7-8,10-11,14-16H2. The van der Waals surface area contributed by atoms with Crippen molar-refractivity contribution in [3.63, 3.8) is 0 Å². The lowest BCUT2D eigenvalue weighted by Gasteiger charge is -2.42. The van der Waals surface area contributed by atoms with E-state index in [2.05, 4.69) is 45.5 Å². The van der Waals surface area contributed by atoms with E-state index in [0.29, 0.717) is 24.2 Å². The lowest BCUT2D eigenvalue weighted by Crippen LogP contribution is -2.57. The number of carbonyl (C=O) groups excluding carboxylic acids is 1. The summed E-state index contributed by atoms with van der Waals surface area (Å²) >= 11 is 0. The van der Waals surface area contributed by atoms with E-state index in [1.54, 1.807) is 6.20 Å². The molecule has 0 radical (unpaired) electrons. The summed E-state index contributed by atoms with van der Waals surface area (Å²) in [5, 5.41) is 12.5. The zero-order valence-electron chi connectivity index (χ0n) is 16.4. The van der Waals surface area contributed by atoms with Crippen molar-refractivity contribution in [1.82, 2.24) is 15.2 Å². The number of anilines is 1. The fourth-order valence-electron chi connectivity index (χ4n) is 4.89. The van der Waals surface area contributed by atoms with E-state index in [1.165, 1.54) is 5.56 Å². The predicted octanol–water partition coefficient (Wildman–Crippen LogP) is 2.41. The molecule has 6 heteroatoms. The van der Waals surface area contributed by atoms with Gasteiger partial charge in [0.2, 0.25) is 5.91 Å². The lowest BCUT2D eigenvalue weighted by molar-refractivity contribution is -0.131. The van der Waals surface area contributed by atoms with Gasteiger partial charge in [0.1, 0.15) is 11.9 Å². The van der Waals surface area contributed by atoms with Crippen LogP contribution in [-0.2, 0) is 10.3 Å². The highest BCUT2D eigenvalue weighted by atomic mass is 16.2. The highest BCUT2D eigenvalue weighted by Gasteiger charge is 2.45. The van der Waals surface area contributed by atoms with E-state index in [1.807, 2.05) is 23.1 Å². The molecule has 2 aliphatic heterocycles. The Kier molecular flexibility index (Phi) is 4.48. The molecule has 2 bridgehead atoms. The number of nitriles is 1. The van der Waals surface area contributed by atoms with Crippen molar-refractivity contribution in [3.8, 4) is 6.07 Å². The van der Waals surface area contributed by atoms with Gasteiger partial charge in [-0.2, -0.15) is 5.26 Å². The molecule has 1 N–H and O–H groups in total. The number of nitrogens with zero attached hydrogens (tertiary/aromatic N) is 4. The number of rotatable bonds is 5. The van der Waals surface area contributed by atoms with Crippen molar-refractivity contribution in [1.29, 1.82) is 5.26 Å². The molecule has 2 unspecified atom stereocenters.